The van der Waals surface area contributed by atoms with Gasteiger partial charge in [-0.2, -0.15) is 0 Å². The highest BCUT2D eigenvalue weighted by atomic mass is 14.4. The van der Waals surface area contributed by atoms with Gasteiger partial charge in [0.15, 0.2) is 0 Å². The van der Waals surface area contributed by atoms with Crippen LogP contribution in [0.5, 0.6) is 0 Å². The van der Waals surface area contributed by atoms with Crippen LogP contribution in [0, 0.1) is 23.7 Å². The number of hydrogen-bond donors (Lipinski definition) is 0. The second-order valence-electron chi connectivity index (χ2n) is 8.68. The van der Waals surface area contributed by atoms with E-state index in [2.05, 4.69) is 38.1 Å². The third-order valence-electron chi connectivity index (χ3n) is 7.30. The molecule has 1 aromatic rings. The molecular formula is C24H38. The molecule has 24 heavy (non-hydrogen) atoms. The lowest BCUT2D eigenvalue weighted by Gasteiger charge is -2.37. The maximum Gasteiger partial charge on any atom is -0.0276 e. The predicted molar refractivity (Wildman–Crippen MR) is 105 cm³/mol. The van der Waals surface area contributed by atoms with E-state index in [9.17, 15) is 0 Å². The van der Waals surface area contributed by atoms with E-state index in [1.807, 2.05) is 0 Å². The van der Waals surface area contributed by atoms with Gasteiger partial charge in [-0.15, -0.1) is 0 Å². The lowest BCUT2D eigenvalue weighted by atomic mass is 9.68. The van der Waals surface area contributed by atoms with Crippen molar-refractivity contribution in [1.29, 1.82) is 0 Å². The molecule has 0 aliphatic heterocycles. The lowest BCUT2D eigenvalue weighted by Crippen LogP contribution is -2.25. The minimum atomic E-state index is 0.999. The Bertz CT molecular complexity index is 455. The second kappa shape index (κ2) is 9.07. The normalized spacial score (nSPS) is 31.1. The second-order valence-corrected chi connectivity index (χ2v) is 8.68. The topological polar surface area (TPSA) is 0 Å². The largest absolute Gasteiger partial charge is 0.0651 e. The van der Waals surface area contributed by atoms with E-state index in [0.29, 0.717) is 0 Å². The molecule has 134 valence electrons. The molecular weight excluding hydrogens is 288 g/mol. The maximum atomic E-state index is 2.38. The van der Waals surface area contributed by atoms with Crippen molar-refractivity contribution in [3.63, 3.8) is 0 Å². The maximum absolute atomic E-state index is 2.38. The molecule has 0 bridgehead atoms. The van der Waals surface area contributed by atoms with E-state index < -0.39 is 0 Å². The van der Waals surface area contributed by atoms with E-state index in [4.69, 9.17) is 0 Å². The zero-order valence-corrected chi connectivity index (χ0v) is 16.1. The first kappa shape index (κ1) is 18.0. The molecule has 0 atom stereocenters. The average molecular weight is 327 g/mol. The van der Waals surface area contributed by atoms with Crippen LogP contribution in [0.4, 0.5) is 0 Å². The molecule has 0 saturated heterocycles. The van der Waals surface area contributed by atoms with Crippen molar-refractivity contribution in [2.75, 3.05) is 0 Å². The van der Waals surface area contributed by atoms with Crippen LogP contribution in [0.2, 0.25) is 0 Å². The molecule has 3 rings (SSSR count). The van der Waals surface area contributed by atoms with Crippen molar-refractivity contribution in [3.8, 4) is 0 Å². The summed E-state index contributed by atoms with van der Waals surface area (Å²) in [5.41, 5.74) is 3.02. The molecule has 0 spiro atoms. The molecule has 1 aromatic carbocycles. The van der Waals surface area contributed by atoms with Gasteiger partial charge in [-0.3, -0.25) is 0 Å². The van der Waals surface area contributed by atoms with Gasteiger partial charge in [-0.1, -0.05) is 70.2 Å². The molecule has 2 aliphatic rings. The van der Waals surface area contributed by atoms with Crippen molar-refractivity contribution in [1.82, 2.24) is 0 Å². The van der Waals surface area contributed by atoms with Gasteiger partial charge in [-0.05, 0) is 79.7 Å². The first-order valence-corrected chi connectivity index (χ1v) is 10.9. The summed E-state index contributed by atoms with van der Waals surface area (Å²) in [6, 6.07) is 9.35. The lowest BCUT2D eigenvalue weighted by molar-refractivity contribution is 0.142. The number of hydrogen-bond acceptors (Lipinski definition) is 0. The first-order valence-electron chi connectivity index (χ1n) is 10.9. The Kier molecular flexibility index (Phi) is 6.81. The number of benzene rings is 1. The van der Waals surface area contributed by atoms with Crippen molar-refractivity contribution >= 4 is 0 Å². The molecule has 2 saturated carbocycles. The van der Waals surface area contributed by atoms with E-state index in [1.165, 1.54) is 76.2 Å². The Balaban J connectivity index is 1.37. The molecule has 0 nitrogen and oxygen atoms in total. The summed E-state index contributed by atoms with van der Waals surface area (Å²) in [7, 11) is 0. The van der Waals surface area contributed by atoms with E-state index in [-0.39, 0.29) is 0 Å². The molecule has 0 heterocycles. The van der Waals surface area contributed by atoms with Gasteiger partial charge < -0.3 is 0 Å². The van der Waals surface area contributed by atoms with Crippen molar-refractivity contribution in [3.05, 3.63) is 35.4 Å². The molecule has 0 radical (unpaired) electrons. The van der Waals surface area contributed by atoms with Crippen LogP contribution in [0.3, 0.4) is 0 Å². The standard InChI is InChI=1S/C24H38/c1-3-19-5-7-21(8-6-19)9-10-22-13-17-24(18-14-22)23-15-11-20(4-2)12-16-23/h5-8,20,22-24H,3-4,9-18H2,1-2H3. The summed E-state index contributed by atoms with van der Waals surface area (Å²) >= 11 is 0. The summed E-state index contributed by atoms with van der Waals surface area (Å²) < 4.78 is 0. The number of aryl methyl sites for hydroxylation is 2. The molecule has 0 amide bonds. The van der Waals surface area contributed by atoms with Gasteiger partial charge in [0, 0.05) is 0 Å². The molecule has 2 aliphatic carbocycles. The predicted octanol–water partition coefficient (Wildman–Crippen LogP) is 7.20. The Morgan fingerprint density at radius 2 is 1.17 bits per heavy atom. The smallest absolute Gasteiger partial charge is 0.0276 e. The third-order valence-corrected chi connectivity index (χ3v) is 7.30. The Morgan fingerprint density at radius 3 is 1.67 bits per heavy atom. The van der Waals surface area contributed by atoms with Crippen molar-refractivity contribution in [2.45, 2.75) is 90.9 Å². The number of rotatable bonds is 6. The minimum absolute atomic E-state index is 0.999. The fraction of sp³-hybridized carbons (Fsp3) is 0.750. The summed E-state index contributed by atoms with van der Waals surface area (Å²) in [4.78, 5) is 0. The fourth-order valence-corrected chi connectivity index (χ4v) is 5.33. The van der Waals surface area contributed by atoms with E-state index >= 15 is 0 Å². The fourth-order valence-electron chi connectivity index (χ4n) is 5.33. The quantitative estimate of drug-likeness (QED) is 0.518. The molecule has 0 heteroatoms. The van der Waals surface area contributed by atoms with Gasteiger partial charge in [0.2, 0.25) is 0 Å². The van der Waals surface area contributed by atoms with Crippen LogP contribution < -0.4 is 0 Å². The van der Waals surface area contributed by atoms with Crippen molar-refractivity contribution < 1.29 is 0 Å². The average Bonchev–Trinajstić information content (AvgIpc) is 2.67. The van der Waals surface area contributed by atoms with Crippen LogP contribution in [-0.4, -0.2) is 0 Å². The Labute approximate surface area is 150 Å². The monoisotopic (exact) mass is 326 g/mol. The van der Waals surface area contributed by atoms with Crippen LogP contribution in [-0.2, 0) is 12.8 Å². The van der Waals surface area contributed by atoms with Gasteiger partial charge >= 0.3 is 0 Å². The van der Waals surface area contributed by atoms with E-state index in [0.717, 1.165) is 30.1 Å². The van der Waals surface area contributed by atoms with E-state index in [1.54, 1.807) is 5.56 Å². The molecule has 0 unspecified atom stereocenters. The molecule has 2 fully saturated rings. The summed E-state index contributed by atoms with van der Waals surface area (Å²) in [5, 5.41) is 0. The summed E-state index contributed by atoms with van der Waals surface area (Å²) in [6.07, 6.45) is 17.5. The van der Waals surface area contributed by atoms with Crippen molar-refractivity contribution in [2.24, 2.45) is 23.7 Å². The summed E-state index contributed by atoms with van der Waals surface area (Å²) in [6.45, 7) is 4.62. The Morgan fingerprint density at radius 1 is 0.667 bits per heavy atom. The highest BCUT2D eigenvalue weighted by molar-refractivity contribution is 5.22. The van der Waals surface area contributed by atoms with Gasteiger partial charge in [0.05, 0.1) is 0 Å². The highest BCUT2D eigenvalue weighted by Crippen LogP contribution is 2.42. The molecule has 0 N–H and O–H groups in total. The van der Waals surface area contributed by atoms with Crippen LogP contribution >= 0.6 is 0 Å². The van der Waals surface area contributed by atoms with Gasteiger partial charge in [0.1, 0.15) is 0 Å². The zero-order valence-electron chi connectivity index (χ0n) is 16.1. The first-order chi connectivity index (χ1) is 11.8. The minimum Gasteiger partial charge on any atom is -0.0651 e. The highest BCUT2D eigenvalue weighted by Gasteiger charge is 2.30. The third kappa shape index (κ3) is 4.87. The van der Waals surface area contributed by atoms with Gasteiger partial charge in [0.25, 0.3) is 0 Å². The SMILES string of the molecule is CCc1ccc(CCC2CCC(C3CCC(CC)CC3)CC2)cc1. The summed E-state index contributed by atoms with van der Waals surface area (Å²) in [5.74, 6) is 4.20. The van der Waals surface area contributed by atoms with Gasteiger partial charge in [-0.25, -0.2) is 0 Å². The Hall–Kier alpha value is -0.780. The van der Waals surface area contributed by atoms with Crippen LogP contribution in [0.15, 0.2) is 24.3 Å². The van der Waals surface area contributed by atoms with Crippen LogP contribution in [0.25, 0.3) is 0 Å². The molecule has 0 aromatic heterocycles. The zero-order chi connectivity index (χ0) is 16.8. The van der Waals surface area contributed by atoms with Crippen LogP contribution in [0.1, 0.15) is 89.2 Å².